The van der Waals surface area contributed by atoms with Crippen molar-refractivity contribution in [1.29, 1.82) is 0 Å². The molecule has 1 aromatic carbocycles. The summed E-state index contributed by atoms with van der Waals surface area (Å²) in [4.78, 5) is 28.3. The molecule has 0 N–H and O–H groups in total. The van der Waals surface area contributed by atoms with Gasteiger partial charge in [-0.2, -0.15) is 9.61 Å². The topological polar surface area (TPSA) is 92.0 Å². The van der Waals surface area contributed by atoms with Crippen LogP contribution in [-0.4, -0.2) is 33.8 Å². The van der Waals surface area contributed by atoms with Crippen molar-refractivity contribution in [3.8, 4) is 11.5 Å². The summed E-state index contributed by atoms with van der Waals surface area (Å²) in [5.41, 5.74) is 0.353. The Morgan fingerprint density at radius 3 is 2.58 bits per heavy atom. The Bertz CT molecular complexity index is 965. The van der Waals surface area contributed by atoms with Crippen LogP contribution in [0.2, 0.25) is 0 Å². The average Bonchev–Trinajstić information content (AvgIpc) is 3.03. The molecule has 2 aromatic heterocycles. The van der Waals surface area contributed by atoms with Gasteiger partial charge in [0.15, 0.2) is 11.6 Å². The van der Waals surface area contributed by atoms with Gasteiger partial charge in [0.2, 0.25) is 4.96 Å². The summed E-state index contributed by atoms with van der Waals surface area (Å²) in [6, 6.07) is 8.35. The SMILES string of the molecule is CCOc1ccc(OCC(=O)OCc2nn3c(=O)cc(C)nc3s2)cc1. The Morgan fingerprint density at radius 1 is 1.19 bits per heavy atom. The third-order valence-electron chi connectivity index (χ3n) is 3.26. The number of hydrogen-bond donors (Lipinski definition) is 0. The molecule has 0 bridgehead atoms. The van der Waals surface area contributed by atoms with Gasteiger partial charge >= 0.3 is 5.97 Å². The molecular weight excluding hydrogens is 358 g/mol. The maximum absolute atomic E-state index is 11.8. The van der Waals surface area contributed by atoms with Gasteiger partial charge in [0.25, 0.3) is 5.56 Å². The van der Waals surface area contributed by atoms with Crippen LogP contribution in [0.4, 0.5) is 0 Å². The van der Waals surface area contributed by atoms with E-state index in [9.17, 15) is 9.59 Å². The molecule has 0 atom stereocenters. The fourth-order valence-corrected chi connectivity index (χ4v) is 3.00. The fourth-order valence-electron chi connectivity index (χ4n) is 2.14. The van der Waals surface area contributed by atoms with Crippen molar-refractivity contribution >= 4 is 22.3 Å². The number of rotatable bonds is 7. The third kappa shape index (κ3) is 4.37. The molecule has 0 aliphatic heterocycles. The van der Waals surface area contributed by atoms with Crippen molar-refractivity contribution < 1.29 is 19.0 Å². The normalized spacial score (nSPS) is 10.7. The Kier molecular flexibility index (Phi) is 5.47. The van der Waals surface area contributed by atoms with E-state index in [1.807, 2.05) is 6.92 Å². The van der Waals surface area contributed by atoms with Crippen molar-refractivity contribution in [3.63, 3.8) is 0 Å². The summed E-state index contributed by atoms with van der Waals surface area (Å²) in [5, 5.41) is 4.58. The Labute approximate surface area is 153 Å². The number of aromatic nitrogens is 3. The molecular formula is C17H17N3O5S. The number of fused-ring (bicyclic) bond motifs is 1. The van der Waals surface area contributed by atoms with E-state index in [1.54, 1.807) is 31.2 Å². The molecule has 0 saturated carbocycles. The van der Waals surface area contributed by atoms with Gasteiger partial charge in [-0.25, -0.2) is 9.78 Å². The van der Waals surface area contributed by atoms with Gasteiger partial charge in [-0.15, -0.1) is 0 Å². The third-order valence-corrected chi connectivity index (χ3v) is 4.14. The lowest BCUT2D eigenvalue weighted by atomic mass is 10.3. The number of ether oxygens (including phenoxy) is 3. The minimum Gasteiger partial charge on any atom is -0.494 e. The summed E-state index contributed by atoms with van der Waals surface area (Å²) in [6.07, 6.45) is 0. The van der Waals surface area contributed by atoms with Crippen molar-refractivity contribution in [2.75, 3.05) is 13.2 Å². The highest BCUT2D eigenvalue weighted by Crippen LogP contribution is 2.17. The van der Waals surface area contributed by atoms with E-state index in [1.165, 1.54) is 21.9 Å². The van der Waals surface area contributed by atoms with Crippen LogP contribution in [-0.2, 0) is 16.1 Å². The van der Waals surface area contributed by atoms with Gasteiger partial charge in [-0.05, 0) is 38.1 Å². The van der Waals surface area contributed by atoms with E-state index in [2.05, 4.69) is 10.1 Å². The number of nitrogens with zero attached hydrogens (tertiary/aromatic N) is 3. The molecule has 0 unspecified atom stereocenters. The summed E-state index contributed by atoms with van der Waals surface area (Å²) in [6.45, 7) is 3.95. The van der Waals surface area contributed by atoms with Crippen molar-refractivity contribution in [2.24, 2.45) is 0 Å². The number of aryl methyl sites for hydroxylation is 1. The molecule has 3 rings (SSSR count). The van der Waals surface area contributed by atoms with Crippen LogP contribution in [0.25, 0.3) is 4.96 Å². The monoisotopic (exact) mass is 375 g/mol. The van der Waals surface area contributed by atoms with Crippen molar-refractivity contribution in [3.05, 3.63) is 51.4 Å². The first kappa shape index (κ1) is 17.9. The van der Waals surface area contributed by atoms with E-state index in [-0.39, 0.29) is 18.8 Å². The molecule has 0 spiro atoms. The lowest BCUT2D eigenvalue weighted by molar-refractivity contribution is -0.147. The zero-order valence-electron chi connectivity index (χ0n) is 14.3. The number of carbonyl (C=O) groups is 1. The first-order chi connectivity index (χ1) is 12.5. The zero-order chi connectivity index (χ0) is 18.5. The minimum absolute atomic E-state index is 0.0437. The van der Waals surface area contributed by atoms with E-state index in [4.69, 9.17) is 14.2 Å². The first-order valence-corrected chi connectivity index (χ1v) is 8.74. The molecule has 0 aliphatic rings. The predicted molar refractivity (Wildman–Crippen MR) is 94.8 cm³/mol. The second-order valence-electron chi connectivity index (χ2n) is 5.28. The highest BCUT2D eigenvalue weighted by Gasteiger charge is 2.11. The highest BCUT2D eigenvalue weighted by molar-refractivity contribution is 7.16. The molecule has 0 amide bonds. The molecule has 0 saturated heterocycles. The second kappa shape index (κ2) is 7.96. The molecule has 8 nitrogen and oxygen atoms in total. The Hall–Kier alpha value is -2.94. The van der Waals surface area contributed by atoms with Crippen LogP contribution in [0, 0.1) is 6.92 Å². The van der Waals surface area contributed by atoms with E-state index in [0.29, 0.717) is 28.0 Å². The van der Waals surface area contributed by atoms with Crippen LogP contribution in [0.5, 0.6) is 11.5 Å². The summed E-state index contributed by atoms with van der Waals surface area (Å²) < 4.78 is 17.0. The summed E-state index contributed by atoms with van der Waals surface area (Å²) in [5.74, 6) is 0.739. The van der Waals surface area contributed by atoms with E-state index in [0.717, 1.165) is 5.75 Å². The molecule has 0 aliphatic carbocycles. The first-order valence-electron chi connectivity index (χ1n) is 7.93. The molecule has 0 fully saturated rings. The fraction of sp³-hybridized carbons (Fsp3) is 0.294. The number of benzene rings is 1. The quantitative estimate of drug-likeness (QED) is 0.583. The highest BCUT2D eigenvalue weighted by atomic mass is 32.1. The summed E-state index contributed by atoms with van der Waals surface area (Å²) >= 11 is 1.20. The lowest BCUT2D eigenvalue weighted by Crippen LogP contribution is -2.16. The van der Waals surface area contributed by atoms with Crippen molar-refractivity contribution in [1.82, 2.24) is 14.6 Å². The van der Waals surface area contributed by atoms with Crippen molar-refractivity contribution in [2.45, 2.75) is 20.5 Å². The standard InChI is InChI=1S/C17H17N3O5S/c1-3-23-12-4-6-13(7-5-12)24-10-16(22)25-9-14-19-20-15(21)8-11(2)18-17(20)26-14/h4-8H,3,9-10H2,1-2H3. The Morgan fingerprint density at radius 2 is 1.88 bits per heavy atom. The van der Waals surface area contributed by atoms with Crippen LogP contribution in [0.1, 0.15) is 17.6 Å². The maximum Gasteiger partial charge on any atom is 0.344 e. The smallest absolute Gasteiger partial charge is 0.344 e. The van der Waals surface area contributed by atoms with Gasteiger partial charge < -0.3 is 14.2 Å². The van der Waals surface area contributed by atoms with Gasteiger partial charge in [0.05, 0.1) is 6.61 Å². The van der Waals surface area contributed by atoms with E-state index >= 15 is 0 Å². The van der Waals surface area contributed by atoms with Gasteiger partial charge in [0, 0.05) is 11.8 Å². The lowest BCUT2D eigenvalue weighted by Gasteiger charge is -2.07. The molecule has 9 heteroatoms. The van der Waals surface area contributed by atoms with E-state index < -0.39 is 5.97 Å². The number of carbonyl (C=O) groups excluding carboxylic acids is 1. The van der Waals surface area contributed by atoms with Gasteiger partial charge in [-0.3, -0.25) is 4.79 Å². The predicted octanol–water partition coefficient (Wildman–Crippen LogP) is 1.98. The minimum atomic E-state index is -0.533. The Balaban J connectivity index is 1.52. The molecule has 3 aromatic rings. The number of hydrogen-bond acceptors (Lipinski definition) is 8. The molecule has 26 heavy (non-hydrogen) atoms. The van der Waals surface area contributed by atoms with Gasteiger partial charge in [-0.1, -0.05) is 11.3 Å². The van der Waals surface area contributed by atoms with Gasteiger partial charge in [0.1, 0.15) is 18.1 Å². The largest absolute Gasteiger partial charge is 0.494 e. The average molecular weight is 375 g/mol. The zero-order valence-corrected chi connectivity index (χ0v) is 15.1. The molecule has 2 heterocycles. The molecule has 136 valence electrons. The second-order valence-corrected chi connectivity index (χ2v) is 6.32. The van der Waals surface area contributed by atoms with Crippen LogP contribution >= 0.6 is 11.3 Å². The number of esters is 1. The summed E-state index contributed by atoms with van der Waals surface area (Å²) in [7, 11) is 0. The van der Waals surface area contributed by atoms with Crippen LogP contribution in [0.15, 0.2) is 35.1 Å². The van der Waals surface area contributed by atoms with Crippen LogP contribution < -0.4 is 15.0 Å². The molecule has 0 radical (unpaired) electrons. The maximum atomic E-state index is 11.8. The van der Waals surface area contributed by atoms with Crippen LogP contribution in [0.3, 0.4) is 0 Å².